The molecule has 226 valence electrons. The Hall–Kier alpha value is -3.21. The summed E-state index contributed by atoms with van der Waals surface area (Å²) in [6.07, 6.45) is -2.33. The summed E-state index contributed by atoms with van der Waals surface area (Å²) in [5.74, 6) is -0.357. The molecule has 0 aromatic heterocycles. The van der Waals surface area contributed by atoms with E-state index in [4.69, 9.17) is 0 Å². The third-order valence-corrected chi connectivity index (χ3v) is 8.67. The van der Waals surface area contributed by atoms with Crippen LogP contribution < -0.4 is 15.4 Å². The topological polar surface area (TPSA) is 87.3 Å². The van der Waals surface area contributed by atoms with Gasteiger partial charge in [-0.15, -0.1) is 0 Å². The smallest absolute Gasteiger partial charge is 0.349 e. The average Bonchev–Trinajstić information content (AvgIpc) is 2.92. The Balaban J connectivity index is 1.48. The highest BCUT2D eigenvalue weighted by Gasteiger charge is 2.33. The molecule has 0 fully saturated rings. The number of amides is 1. The molecular formula is C32H38F3N3O3S. The maximum atomic E-state index is 13.3. The normalized spacial score (nSPS) is 16.5. The summed E-state index contributed by atoms with van der Waals surface area (Å²) in [6, 6.07) is 17.2. The van der Waals surface area contributed by atoms with E-state index in [0.29, 0.717) is 11.6 Å². The number of benzene rings is 3. The molecule has 2 unspecified atom stereocenters. The van der Waals surface area contributed by atoms with Gasteiger partial charge in [-0.1, -0.05) is 75.4 Å². The van der Waals surface area contributed by atoms with Crippen molar-refractivity contribution in [2.24, 2.45) is 5.41 Å². The molecule has 1 aliphatic carbocycles. The van der Waals surface area contributed by atoms with Gasteiger partial charge in [-0.2, -0.15) is 13.2 Å². The second-order valence-corrected chi connectivity index (χ2v) is 13.7. The Morgan fingerprint density at radius 1 is 0.976 bits per heavy atom. The van der Waals surface area contributed by atoms with Crippen molar-refractivity contribution in [3.05, 3.63) is 101 Å². The molecule has 2 atom stereocenters. The summed E-state index contributed by atoms with van der Waals surface area (Å²) in [7, 11) is -4.38. The van der Waals surface area contributed by atoms with Gasteiger partial charge in [-0.3, -0.25) is 4.79 Å². The predicted octanol–water partition coefficient (Wildman–Crippen LogP) is 6.44. The summed E-state index contributed by atoms with van der Waals surface area (Å²) in [5, 5.41) is 6.56. The van der Waals surface area contributed by atoms with Crippen LogP contribution in [0, 0.1) is 5.41 Å². The van der Waals surface area contributed by atoms with Crippen LogP contribution >= 0.6 is 0 Å². The molecule has 0 saturated heterocycles. The summed E-state index contributed by atoms with van der Waals surface area (Å²) in [5.41, 5.74) is 3.06. The lowest BCUT2D eigenvalue weighted by atomic mass is 9.86. The average molecular weight is 602 g/mol. The maximum absolute atomic E-state index is 13.3. The molecule has 0 saturated carbocycles. The third-order valence-electron chi connectivity index (χ3n) is 7.20. The number of hydrogen-bond acceptors (Lipinski definition) is 4. The fourth-order valence-corrected chi connectivity index (χ4v) is 6.43. The lowest BCUT2D eigenvalue weighted by Gasteiger charge is -2.28. The van der Waals surface area contributed by atoms with E-state index in [9.17, 15) is 26.4 Å². The molecule has 42 heavy (non-hydrogen) atoms. The number of carbonyl (C=O) groups excluding carboxylic acids is 1. The first kappa shape index (κ1) is 31.7. The number of halogens is 3. The first-order valence-corrected chi connectivity index (χ1v) is 15.6. The molecule has 0 bridgehead atoms. The van der Waals surface area contributed by atoms with E-state index in [1.807, 2.05) is 0 Å². The molecule has 0 heterocycles. The Morgan fingerprint density at radius 3 is 2.40 bits per heavy atom. The first-order chi connectivity index (χ1) is 19.7. The number of nitrogens with one attached hydrogen (secondary N) is 3. The fourth-order valence-electron chi connectivity index (χ4n) is 5.16. The number of hydrogen-bond donors (Lipinski definition) is 3. The molecule has 10 heteroatoms. The van der Waals surface area contributed by atoms with E-state index < -0.39 is 32.7 Å². The Morgan fingerprint density at radius 2 is 1.71 bits per heavy atom. The van der Waals surface area contributed by atoms with Gasteiger partial charge in [-0.05, 0) is 65.1 Å². The highest BCUT2D eigenvalue weighted by Crippen LogP contribution is 2.32. The summed E-state index contributed by atoms with van der Waals surface area (Å²) in [6.45, 7) is 8.19. The van der Waals surface area contributed by atoms with Crippen LogP contribution in [0.15, 0.2) is 77.7 Å². The number of alkyl halides is 3. The number of aryl methyl sites for hydroxylation is 1. The molecular weight excluding hydrogens is 563 g/mol. The van der Waals surface area contributed by atoms with Crippen LogP contribution in [0.3, 0.4) is 0 Å². The monoisotopic (exact) mass is 601 g/mol. The minimum Gasteiger partial charge on any atom is -0.349 e. The van der Waals surface area contributed by atoms with E-state index in [-0.39, 0.29) is 23.8 Å². The zero-order chi connectivity index (χ0) is 30.5. The minimum absolute atomic E-state index is 0.183. The van der Waals surface area contributed by atoms with Gasteiger partial charge in [0, 0.05) is 19.5 Å². The van der Waals surface area contributed by atoms with Gasteiger partial charge in [0.1, 0.15) is 0 Å². The molecule has 0 radical (unpaired) electrons. The van der Waals surface area contributed by atoms with Crippen molar-refractivity contribution in [2.75, 3.05) is 6.54 Å². The van der Waals surface area contributed by atoms with Crippen LogP contribution in [-0.4, -0.2) is 20.9 Å². The molecule has 4 rings (SSSR count). The minimum atomic E-state index is -4.69. The summed E-state index contributed by atoms with van der Waals surface area (Å²) >= 11 is 0. The highest BCUT2D eigenvalue weighted by atomic mass is 32.2. The second-order valence-electron chi connectivity index (χ2n) is 12.0. The van der Waals surface area contributed by atoms with Crippen LogP contribution in [0.25, 0.3) is 0 Å². The van der Waals surface area contributed by atoms with Crippen LogP contribution in [0.5, 0.6) is 0 Å². The molecule has 0 spiro atoms. The zero-order valence-corrected chi connectivity index (χ0v) is 24.9. The Bertz CT molecular complexity index is 1490. The zero-order valence-electron chi connectivity index (χ0n) is 24.1. The first-order valence-electron chi connectivity index (χ1n) is 14.1. The number of carbonyl (C=O) groups is 1. The van der Waals surface area contributed by atoms with Gasteiger partial charge < -0.3 is 10.6 Å². The van der Waals surface area contributed by atoms with E-state index in [0.717, 1.165) is 56.1 Å². The summed E-state index contributed by atoms with van der Waals surface area (Å²) < 4.78 is 68.5. The van der Waals surface area contributed by atoms with Crippen LogP contribution in [0.4, 0.5) is 13.2 Å². The molecule has 1 aliphatic rings. The third kappa shape index (κ3) is 8.65. The van der Waals surface area contributed by atoms with Crippen molar-refractivity contribution in [3.8, 4) is 0 Å². The van der Waals surface area contributed by atoms with Crippen molar-refractivity contribution in [2.45, 2.75) is 76.2 Å². The standard InChI is InChI=1S/C32H38F3N3O3S/c1-31(2,3)21-36-20-22-15-16-27-24(17-22)11-7-14-28(27)37-30(39)19-29(23-9-5-4-6-10-23)38-42(40,41)26-13-8-12-25(18-26)32(33,34)35/h4-6,8-10,12-13,15-18,28-29,36,38H,7,11,14,19-21H2,1-3H3,(H,37,39). The number of rotatable bonds is 10. The summed E-state index contributed by atoms with van der Waals surface area (Å²) in [4.78, 5) is 12.8. The van der Waals surface area contributed by atoms with E-state index in [2.05, 4.69) is 54.3 Å². The molecule has 3 N–H and O–H groups in total. The van der Waals surface area contributed by atoms with Crippen molar-refractivity contribution >= 4 is 15.9 Å². The quantitative estimate of drug-likeness (QED) is 0.250. The SMILES string of the molecule is CC(C)(C)CNCc1ccc2c(c1)CCCC2NC(=O)CC(NS(=O)(=O)c1cccc(C(F)(F)F)c1)c1ccccc1. The number of sulfonamides is 1. The van der Waals surface area contributed by atoms with Crippen molar-refractivity contribution < 1.29 is 26.4 Å². The van der Waals surface area contributed by atoms with E-state index >= 15 is 0 Å². The van der Waals surface area contributed by atoms with Gasteiger partial charge in [0.2, 0.25) is 15.9 Å². The van der Waals surface area contributed by atoms with Crippen LogP contribution in [0.1, 0.15) is 79.9 Å². The highest BCUT2D eigenvalue weighted by molar-refractivity contribution is 7.89. The molecule has 3 aromatic rings. The fraction of sp³-hybridized carbons (Fsp3) is 0.406. The van der Waals surface area contributed by atoms with Crippen molar-refractivity contribution in [1.82, 2.24) is 15.4 Å². The van der Waals surface area contributed by atoms with Gasteiger partial charge >= 0.3 is 6.18 Å². The van der Waals surface area contributed by atoms with Gasteiger partial charge in [0.25, 0.3) is 0 Å². The number of fused-ring (bicyclic) bond motifs is 1. The molecule has 3 aromatic carbocycles. The largest absolute Gasteiger partial charge is 0.416 e. The van der Waals surface area contributed by atoms with Crippen LogP contribution in [-0.2, 0) is 34.0 Å². The second kappa shape index (κ2) is 13.0. The van der Waals surface area contributed by atoms with Crippen molar-refractivity contribution in [3.63, 3.8) is 0 Å². The maximum Gasteiger partial charge on any atom is 0.416 e. The van der Waals surface area contributed by atoms with Crippen molar-refractivity contribution in [1.29, 1.82) is 0 Å². The van der Waals surface area contributed by atoms with E-state index in [1.165, 1.54) is 11.1 Å². The molecule has 0 aliphatic heterocycles. The van der Waals surface area contributed by atoms with Gasteiger partial charge in [0.15, 0.2) is 0 Å². The Labute approximate surface area is 246 Å². The molecule has 6 nitrogen and oxygen atoms in total. The van der Waals surface area contributed by atoms with Gasteiger partial charge in [-0.25, -0.2) is 13.1 Å². The predicted molar refractivity (Wildman–Crippen MR) is 157 cm³/mol. The van der Waals surface area contributed by atoms with E-state index in [1.54, 1.807) is 30.3 Å². The van der Waals surface area contributed by atoms with Gasteiger partial charge in [0.05, 0.1) is 22.5 Å². The lowest BCUT2D eigenvalue weighted by Crippen LogP contribution is -2.36. The van der Waals surface area contributed by atoms with Crippen LogP contribution in [0.2, 0.25) is 0 Å². The lowest BCUT2D eigenvalue weighted by molar-refractivity contribution is -0.137. The Kier molecular flexibility index (Phi) is 9.80. The molecule has 1 amide bonds.